The normalized spacial score (nSPS) is 12.9. The topological polar surface area (TPSA) is 34.9 Å². The summed E-state index contributed by atoms with van der Waals surface area (Å²) in [6, 6.07) is 5.79. The maximum atomic E-state index is 11.6. The number of rotatable bonds is 3. The first-order valence-electron chi connectivity index (χ1n) is 5.73. The van der Waals surface area contributed by atoms with Crippen molar-refractivity contribution in [2.75, 3.05) is 0 Å². The average molecular weight is 251 g/mol. The second kappa shape index (κ2) is 4.49. The van der Waals surface area contributed by atoms with E-state index in [4.69, 9.17) is 11.6 Å². The predicted molar refractivity (Wildman–Crippen MR) is 69.7 cm³/mol. The second-order valence-corrected chi connectivity index (χ2v) is 4.69. The van der Waals surface area contributed by atoms with Crippen molar-refractivity contribution >= 4 is 28.4 Å². The van der Waals surface area contributed by atoms with Crippen LogP contribution in [0.25, 0.3) is 11.0 Å². The highest BCUT2D eigenvalue weighted by molar-refractivity contribution is 6.31. The molecule has 0 aliphatic carbocycles. The Kier molecular flexibility index (Phi) is 3.20. The molecule has 4 heteroatoms. The van der Waals surface area contributed by atoms with Gasteiger partial charge < -0.3 is 4.57 Å². The predicted octanol–water partition coefficient (Wildman–Crippen LogP) is 3.86. The summed E-state index contributed by atoms with van der Waals surface area (Å²) in [4.78, 5) is 16.0. The van der Waals surface area contributed by atoms with Gasteiger partial charge in [-0.1, -0.05) is 18.5 Å². The fourth-order valence-corrected chi connectivity index (χ4v) is 2.12. The quantitative estimate of drug-likeness (QED) is 0.776. The van der Waals surface area contributed by atoms with E-state index in [1.807, 2.05) is 16.7 Å². The second-order valence-electron chi connectivity index (χ2n) is 4.25. The van der Waals surface area contributed by atoms with Crippen molar-refractivity contribution in [3.8, 4) is 0 Å². The maximum Gasteiger partial charge on any atom is 0.195 e. The smallest absolute Gasteiger partial charge is 0.195 e. The van der Waals surface area contributed by atoms with Crippen LogP contribution in [0.5, 0.6) is 0 Å². The molecule has 0 spiro atoms. The molecule has 0 fully saturated rings. The van der Waals surface area contributed by atoms with E-state index in [1.165, 1.54) is 0 Å². The Morgan fingerprint density at radius 1 is 1.53 bits per heavy atom. The standard InChI is InChI=1S/C13H15ClN2O/c1-4-8(2)16-12-6-5-10(14)7-11(12)15-13(16)9(3)17/h5-8H,4H2,1-3H3/t8-/m0/s1. The van der Waals surface area contributed by atoms with Crippen molar-refractivity contribution in [1.29, 1.82) is 0 Å². The molecular formula is C13H15ClN2O. The molecule has 1 heterocycles. The van der Waals surface area contributed by atoms with Gasteiger partial charge in [-0.05, 0) is 31.5 Å². The molecular weight excluding hydrogens is 236 g/mol. The van der Waals surface area contributed by atoms with Gasteiger partial charge in [0.2, 0.25) is 0 Å². The fourth-order valence-electron chi connectivity index (χ4n) is 1.95. The number of hydrogen-bond acceptors (Lipinski definition) is 2. The molecule has 2 rings (SSSR count). The first-order valence-corrected chi connectivity index (χ1v) is 6.10. The summed E-state index contributed by atoms with van der Waals surface area (Å²) in [5.74, 6) is 0.495. The van der Waals surface area contributed by atoms with Crippen molar-refractivity contribution in [3.05, 3.63) is 29.0 Å². The Labute approximate surface area is 105 Å². The molecule has 0 N–H and O–H groups in total. The molecule has 0 aliphatic heterocycles. The molecule has 0 radical (unpaired) electrons. The van der Waals surface area contributed by atoms with E-state index in [2.05, 4.69) is 18.8 Å². The number of nitrogens with zero attached hydrogens (tertiary/aromatic N) is 2. The van der Waals surface area contributed by atoms with Crippen molar-refractivity contribution in [2.24, 2.45) is 0 Å². The molecule has 3 nitrogen and oxygen atoms in total. The SMILES string of the molecule is CC[C@H](C)n1c(C(C)=O)nc2cc(Cl)ccc21. The lowest BCUT2D eigenvalue weighted by molar-refractivity contribution is 0.0998. The van der Waals surface area contributed by atoms with Gasteiger partial charge in [-0.3, -0.25) is 4.79 Å². The summed E-state index contributed by atoms with van der Waals surface area (Å²) < 4.78 is 1.99. The lowest BCUT2D eigenvalue weighted by Crippen LogP contribution is -2.11. The van der Waals surface area contributed by atoms with Gasteiger partial charge in [-0.15, -0.1) is 0 Å². The molecule has 0 bridgehead atoms. The van der Waals surface area contributed by atoms with E-state index in [-0.39, 0.29) is 11.8 Å². The van der Waals surface area contributed by atoms with E-state index >= 15 is 0 Å². The first-order chi connectivity index (χ1) is 8.04. The monoisotopic (exact) mass is 250 g/mol. The number of ketones is 1. The van der Waals surface area contributed by atoms with E-state index in [0.717, 1.165) is 17.5 Å². The van der Waals surface area contributed by atoms with E-state index < -0.39 is 0 Å². The Bertz CT molecular complexity index is 574. The van der Waals surface area contributed by atoms with Crippen LogP contribution >= 0.6 is 11.6 Å². The zero-order valence-corrected chi connectivity index (χ0v) is 11.0. The highest BCUT2D eigenvalue weighted by Crippen LogP contribution is 2.25. The molecule has 90 valence electrons. The van der Waals surface area contributed by atoms with Crippen molar-refractivity contribution in [1.82, 2.24) is 9.55 Å². The van der Waals surface area contributed by atoms with Gasteiger partial charge in [-0.25, -0.2) is 4.98 Å². The molecule has 1 aromatic heterocycles. The average Bonchev–Trinajstić information content (AvgIpc) is 2.66. The van der Waals surface area contributed by atoms with Crippen LogP contribution in [0.1, 0.15) is 43.9 Å². The number of carbonyl (C=O) groups excluding carboxylic acids is 1. The lowest BCUT2D eigenvalue weighted by Gasteiger charge is -2.14. The van der Waals surface area contributed by atoms with Crippen LogP contribution in [0.3, 0.4) is 0 Å². The van der Waals surface area contributed by atoms with E-state index in [9.17, 15) is 4.79 Å². The zero-order chi connectivity index (χ0) is 12.6. The number of benzene rings is 1. The minimum absolute atomic E-state index is 0.0161. The van der Waals surface area contributed by atoms with Gasteiger partial charge in [0.15, 0.2) is 11.6 Å². The van der Waals surface area contributed by atoms with E-state index in [0.29, 0.717) is 10.8 Å². The van der Waals surface area contributed by atoms with Gasteiger partial charge in [0, 0.05) is 18.0 Å². The molecule has 0 saturated heterocycles. The van der Waals surface area contributed by atoms with Crippen LogP contribution in [0.2, 0.25) is 5.02 Å². The Morgan fingerprint density at radius 3 is 2.82 bits per heavy atom. The summed E-state index contributed by atoms with van der Waals surface area (Å²) in [6.07, 6.45) is 0.953. The molecule has 1 aromatic carbocycles. The molecule has 0 unspecified atom stereocenters. The summed E-state index contributed by atoms with van der Waals surface area (Å²) >= 11 is 5.94. The number of hydrogen-bond donors (Lipinski definition) is 0. The minimum atomic E-state index is -0.0161. The van der Waals surface area contributed by atoms with Gasteiger partial charge in [0.25, 0.3) is 0 Å². The summed E-state index contributed by atoms with van der Waals surface area (Å²) in [5, 5.41) is 0.640. The lowest BCUT2D eigenvalue weighted by atomic mass is 10.2. The maximum absolute atomic E-state index is 11.6. The van der Waals surface area contributed by atoms with Crippen LogP contribution in [-0.4, -0.2) is 15.3 Å². The number of Topliss-reactive ketones (excluding diaryl/α,β-unsaturated/α-hetero) is 1. The van der Waals surface area contributed by atoms with E-state index in [1.54, 1.807) is 13.0 Å². The van der Waals surface area contributed by atoms with Crippen molar-refractivity contribution in [3.63, 3.8) is 0 Å². The van der Waals surface area contributed by atoms with Crippen LogP contribution in [0, 0.1) is 0 Å². The summed E-state index contributed by atoms with van der Waals surface area (Å²) in [6.45, 7) is 5.72. The summed E-state index contributed by atoms with van der Waals surface area (Å²) in [7, 11) is 0. The van der Waals surface area contributed by atoms with Gasteiger partial charge >= 0.3 is 0 Å². The molecule has 1 atom stereocenters. The highest BCUT2D eigenvalue weighted by Gasteiger charge is 2.17. The Morgan fingerprint density at radius 2 is 2.24 bits per heavy atom. The Balaban J connectivity index is 2.75. The number of imidazole rings is 1. The summed E-state index contributed by atoms with van der Waals surface area (Å²) in [5.41, 5.74) is 1.75. The van der Waals surface area contributed by atoms with Crippen molar-refractivity contribution in [2.45, 2.75) is 33.2 Å². The third-order valence-electron chi connectivity index (χ3n) is 3.00. The van der Waals surface area contributed by atoms with Crippen LogP contribution < -0.4 is 0 Å². The molecule has 0 saturated carbocycles. The third-order valence-corrected chi connectivity index (χ3v) is 3.23. The van der Waals surface area contributed by atoms with Crippen LogP contribution in [-0.2, 0) is 0 Å². The van der Waals surface area contributed by atoms with Gasteiger partial charge in [0.05, 0.1) is 11.0 Å². The first kappa shape index (κ1) is 12.1. The van der Waals surface area contributed by atoms with Gasteiger partial charge in [-0.2, -0.15) is 0 Å². The molecule has 17 heavy (non-hydrogen) atoms. The molecule has 0 amide bonds. The largest absolute Gasteiger partial charge is 0.319 e. The van der Waals surface area contributed by atoms with Gasteiger partial charge in [0.1, 0.15) is 0 Å². The highest BCUT2D eigenvalue weighted by atomic mass is 35.5. The number of aromatic nitrogens is 2. The fraction of sp³-hybridized carbons (Fsp3) is 0.385. The zero-order valence-electron chi connectivity index (χ0n) is 10.2. The number of halogens is 1. The van der Waals surface area contributed by atoms with Crippen LogP contribution in [0.4, 0.5) is 0 Å². The third kappa shape index (κ3) is 2.07. The molecule has 2 aromatic rings. The number of carbonyl (C=O) groups is 1. The number of fused-ring (bicyclic) bond motifs is 1. The minimum Gasteiger partial charge on any atom is -0.319 e. The Hall–Kier alpha value is -1.35. The van der Waals surface area contributed by atoms with Crippen molar-refractivity contribution < 1.29 is 4.79 Å². The molecule has 0 aliphatic rings. The van der Waals surface area contributed by atoms with Crippen LogP contribution in [0.15, 0.2) is 18.2 Å².